The molecule has 3 heterocycles. The number of thiocarbonyl (C=S) groups is 1. The lowest BCUT2D eigenvalue weighted by atomic mass is 10.0. The summed E-state index contributed by atoms with van der Waals surface area (Å²) in [7, 11) is 4.01. The quantitative estimate of drug-likeness (QED) is 0.358. The normalized spacial score (nSPS) is 17.3. The molecular formula is C27H24N4O3S. The van der Waals surface area contributed by atoms with Crippen LogP contribution in [0.4, 0.5) is 11.4 Å². The van der Waals surface area contributed by atoms with E-state index in [2.05, 4.69) is 27.3 Å². The molecule has 0 unspecified atom stereocenters. The highest BCUT2D eigenvalue weighted by atomic mass is 32.1. The van der Waals surface area contributed by atoms with E-state index in [0.717, 1.165) is 28.4 Å². The van der Waals surface area contributed by atoms with Crippen LogP contribution in [0.15, 0.2) is 89.5 Å². The third kappa shape index (κ3) is 4.36. The maximum atomic E-state index is 11.2. The fraction of sp³-hybridized carbons (Fsp3) is 0.148. The Morgan fingerprint density at radius 1 is 1.03 bits per heavy atom. The van der Waals surface area contributed by atoms with E-state index in [4.69, 9.17) is 16.6 Å². The zero-order valence-corrected chi connectivity index (χ0v) is 20.1. The second kappa shape index (κ2) is 9.23. The molecule has 0 radical (unpaired) electrons. The van der Waals surface area contributed by atoms with Crippen LogP contribution >= 0.6 is 12.2 Å². The van der Waals surface area contributed by atoms with Gasteiger partial charge in [0.05, 0.1) is 17.3 Å². The van der Waals surface area contributed by atoms with Crippen LogP contribution < -0.4 is 15.1 Å². The Labute approximate surface area is 208 Å². The number of carboxylic acid groups (broad SMARTS) is 1. The molecule has 2 N–H and O–H groups in total. The van der Waals surface area contributed by atoms with E-state index in [1.165, 1.54) is 0 Å². The third-order valence-corrected chi connectivity index (χ3v) is 6.39. The number of carbonyl (C=O) groups is 1. The molecule has 5 rings (SSSR count). The molecule has 1 aliphatic heterocycles. The standard InChI is InChI=1S/C27H24N4O3S/c1-30(2)19-10-12-20(13-11-19)31-25(24(29-27(31)35)21-5-3-4-16-28-21)23-15-14-22(34-23)17-6-8-18(9-7-17)26(32)33/h3-16,24-25H,1-2H3,(H,29,35)(H,32,33)/t24-,25-/m0/s1. The molecule has 0 amide bonds. The van der Waals surface area contributed by atoms with Crippen molar-refractivity contribution in [1.82, 2.24) is 10.3 Å². The van der Waals surface area contributed by atoms with Crippen molar-refractivity contribution in [2.75, 3.05) is 23.9 Å². The Balaban J connectivity index is 1.55. The van der Waals surface area contributed by atoms with Gasteiger partial charge in [0.2, 0.25) is 0 Å². The summed E-state index contributed by atoms with van der Waals surface area (Å²) in [6.45, 7) is 0. The minimum Gasteiger partial charge on any atom is -0.478 e. The molecule has 1 fully saturated rings. The van der Waals surface area contributed by atoms with Gasteiger partial charge in [-0.15, -0.1) is 0 Å². The van der Waals surface area contributed by atoms with Crippen LogP contribution in [-0.2, 0) is 0 Å². The van der Waals surface area contributed by atoms with Gasteiger partial charge in [-0.1, -0.05) is 18.2 Å². The summed E-state index contributed by atoms with van der Waals surface area (Å²) in [6.07, 6.45) is 1.77. The first-order valence-electron chi connectivity index (χ1n) is 11.1. The molecule has 0 spiro atoms. The van der Waals surface area contributed by atoms with Crippen LogP contribution in [0.2, 0.25) is 0 Å². The maximum Gasteiger partial charge on any atom is 0.335 e. The second-order valence-corrected chi connectivity index (χ2v) is 8.88. The average Bonchev–Trinajstić information content (AvgIpc) is 3.49. The van der Waals surface area contributed by atoms with Crippen molar-refractivity contribution in [2.45, 2.75) is 12.1 Å². The SMILES string of the molecule is CN(C)c1ccc(N2C(=S)N[C@@H](c3ccccn3)[C@@H]2c2ccc(-c3ccc(C(=O)O)cc3)o2)cc1. The lowest BCUT2D eigenvalue weighted by Gasteiger charge is -2.26. The minimum atomic E-state index is -0.962. The molecule has 8 heteroatoms. The van der Waals surface area contributed by atoms with E-state index in [0.29, 0.717) is 10.9 Å². The van der Waals surface area contributed by atoms with Crippen LogP contribution in [0.25, 0.3) is 11.3 Å². The molecule has 2 aromatic carbocycles. The molecule has 35 heavy (non-hydrogen) atoms. The number of aromatic nitrogens is 1. The van der Waals surface area contributed by atoms with Crippen molar-refractivity contribution in [3.8, 4) is 11.3 Å². The van der Waals surface area contributed by atoms with Gasteiger partial charge >= 0.3 is 5.97 Å². The number of pyridine rings is 1. The van der Waals surface area contributed by atoms with Gasteiger partial charge in [-0.3, -0.25) is 4.98 Å². The minimum absolute atomic E-state index is 0.217. The molecule has 0 bridgehead atoms. The van der Waals surface area contributed by atoms with Crippen LogP contribution in [0.3, 0.4) is 0 Å². The molecule has 176 valence electrons. The number of carboxylic acids is 1. The first-order valence-corrected chi connectivity index (χ1v) is 11.5. The van der Waals surface area contributed by atoms with Gasteiger partial charge in [0.25, 0.3) is 0 Å². The van der Waals surface area contributed by atoms with Gasteiger partial charge < -0.3 is 24.6 Å². The van der Waals surface area contributed by atoms with Crippen LogP contribution in [0.5, 0.6) is 0 Å². The zero-order chi connectivity index (χ0) is 24.5. The summed E-state index contributed by atoms with van der Waals surface area (Å²) in [4.78, 5) is 19.9. The van der Waals surface area contributed by atoms with Crippen LogP contribution in [0, 0.1) is 0 Å². The predicted molar refractivity (Wildman–Crippen MR) is 140 cm³/mol. The number of nitrogens with one attached hydrogen (secondary N) is 1. The van der Waals surface area contributed by atoms with Crippen molar-refractivity contribution >= 4 is 34.7 Å². The molecule has 7 nitrogen and oxygen atoms in total. The largest absolute Gasteiger partial charge is 0.478 e. The van der Waals surface area contributed by atoms with Crippen molar-refractivity contribution in [1.29, 1.82) is 0 Å². The monoisotopic (exact) mass is 484 g/mol. The number of aromatic carboxylic acids is 1. The van der Waals surface area contributed by atoms with Gasteiger partial charge in [-0.25, -0.2) is 4.79 Å². The van der Waals surface area contributed by atoms with Gasteiger partial charge in [0.15, 0.2) is 5.11 Å². The van der Waals surface area contributed by atoms with Gasteiger partial charge in [0, 0.05) is 37.2 Å². The Morgan fingerprint density at radius 2 is 1.77 bits per heavy atom. The van der Waals surface area contributed by atoms with E-state index < -0.39 is 5.97 Å². The van der Waals surface area contributed by atoms with E-state index in [9.17, 15) is 9.90 Å². The number of hydrogen-bond donors (Lipinski definition) is 2. The highest BCUT2D eigenvalue weighted by Gasteiger charge is 2.42. The molecule has 0 saturated carbocycles. The molecule has 2 aromatic heterocycles. The van der Waals surface area contributed by atoms with Crippen molar-refractivity contribution in [3.63, 3.8) is 0 Å². The molecule has 2 atom stereocenters. The van der Waals surface area contributed by atoms with Crippen molar-refractivity contribution in [2.24, 2.45) is 0 Å². The van der Waals surface area contributed by atoms with Crippen molar-refractivity contribution < 1.29 is 14.3 Å². The third-order valence-electron chi connectivity index (χ3n) is 6.08. The summed E-state index contributed by atoms with van der Waals surface area (Å²) >= 11 is 5.78. The first-order chi connectivity index (χ1) is 16.9. The fourth-order valence-electron chi connectivity index (χ4n) is 4.28. The van der Waals surface area contributed by atoms with Gasteiger partial charge in [0.1, 0.15) is 17.6 Å². The lowest BCUT2D eigenvalue weighted by molar-refractivity contribution is 0.0697. The Morgan fingerprint density at radius 3 is 2.40 bits per heavy atom. The van der Waals surface area contributed by atoms with E-state index in [1.54, 1.807) is 30.5 Å². The fourth-order valence-corrected chi connectivity index (χ4v) is 4.62. The lowest BCUT2D eigenvalue weighted by Crippen LogP contribution is -2.29. The Kier molecular flexibility index (Phi) is 5.96. The Hall–Kier alpha value is -4.17. The van der Waals surface area contributed by atoms with E-state index in [-0.39, 0.29) is 17.6 Å². The summed E-state index contributed by atoms with van der Waals surface area (Å²) in [5.41, 5.74) is 3.92. The summed E-state index contributed by atoms with van der Waals surface area (Å²) in [6, 6.07) is 24.0. The van der Waals surface area contributed by atoms with Crippen molar-refractivity contribution in [3.05, 3.63) is 102 Å². The number of benzene rings is 2. The maximum absolute atomic E-state index is 11.2. The number of hydrogen-bond acceptors (Lipinski definition) is 5. The summed E-state index contributed by atoms with van der Waals surface area (Å²) < 4.78 is 6.34. The molecule has 1 saturated heterocycles. The number of furan rings is 1. The van der Waals surface area contributed by atoms with Crippen LogP contribution in [0.1, 0.15) is 33.9 Å². The molecule has 0 aliphatic carbocycles. The first kappa shape index (κ1) is 22.6. The van der Waals surface area contributed by atoms with E-state index >= 15 is 0 Å². The van der Waals surface area contributed by atoms with Gasteiger partial charge in [-0.2, -0.15) is 0 Å². The average molecular weight is 485 g/mol. The second-order valence-electron chi connectivity index (χ2n) is 8.49. The number of rotatable bonds is 6. The van der Waals surface area contributed by atoms with Crippen LogP contribution in [-0.4, -0.2) is 35.3 Å². The van der Waals surface area contributed by atoms with E-state index in [1.807, 2.05) is 61.5 Å². The van der Waals surface area contributed by atoms with Gasteiger partial charge in [-0.05, 0) is 72.9 Å². The summed E-state index contributed by atoms with van der Waals surface area (Å²) in [5, 5.41) is 13.2. The number of nitrogens with zero attached hydrogens (tertiary/aromatic N) is 3. The molecule has 1 aliphatic rings. The smallest absolute Gasteiger partial charge is 0.335 e. The summed E-state index contributed by atoms with van der Waals surface area (Å²) in [5.74, 6) is 0.413. The zero-order valence-electron chi connectivity index (χ0n) is 19.3. The molecule has 4 aromatic rings. The highest BCUT2D eigenvalue weighted by Crippen LogP contribution is 2.43. The Bertz CT molecular complexity index is 1350. The highest BCUT2D eigenvalue weighted by molar-refractivity contribution is 7.80. The topological polar surface area (TPSA) is 81.8 Å². The molecular weight excluding hydrogens is 460 g/mol. The number of anilines is 2. The predicted octanol–water partition coefficient (Wildman–Crippen LogP) is 5.28.